The maximum absolute atomic E-state index is 12.4. The summed E-state index contributed by atoms with van der Waals surface area (Å²) in [7, 11) is 0. The summed E-state index contributed by atoms with van der Waals surface area (Å²) >= 11 is 0. The van der Waals surface area contributed by atoms with E-state index in [9.17, 15) is 9.59 Å². The Morgan fingerprint density at radius 2 is 1.73 bits per heavy atom. The van der Waals surface area contributed by atoms with Crippen molar-refractivity contribution >= 4 is 28.7 Å². The second-order valence-corrected chi connectivity index (χ2v) is 7.47. The molecule has 2 aromatic heterocycles. The lowest BCUT2D eigenvalue weighted by Gasteiger charge is -2.10. The van der Waals surface area contributed by atoms with Crippen LogP contribution in [0.2, 0.25) is 0 Å². The molecule has 0 saturated heterocycles. The zero-order chi connectivity index (χ0) is 23.4. The molecule has 0 spiro atoms. The molecule has 4 rings (SSSR count). The highest BCUT2D eigenvalue weighted by Gasteiger charge is 2.16. The molecule has 33 heavy (non-hydrogen) atoms. The predicted octanol–water partition coefficient (Wildman–Crippen LogP) is 2.64. The van der Waals surface area contributed by atoms with Crippen LogP contribution in [0.3, 0.4) is 0 Å². The zero-order valence-electron chi connectivity index (χ0n) is 17.7. The topological polar surface area (TPSA) is 147 Å². The Morgan fingerprint density at radius 3 is 2.39 bits per heavy atom. The van der Waals surface area contributed by atoms with Crippen molar-refractivity contribution in [2.45, 2.75) is 13.0 Å². The molecule has 1 amide bonds. The number of fused-ring (bicyclic) bond motifs is 1. The van der Waals surface area contributed by atoms with Crippen molar-refractivity contribution in [3.05, 3.63) is 83.7 Å². The number of aliphatic carboxylic acids is 1. The largest absolute Gasteiger partial charge is 0.481 e. The molecule has 0 aliphatic carbocycles. The van der Waals surface area contributed by atoms with Crippen LogP contribution in [0.25, 0.3) is 22.4 Å². The van der Waals surface area contributed by atoms with Gasteiger partial charge in [-0.05, 0) is 35.9 Å². The lowest BCUT2D eigenvalue weighted by molar-refractivity contribution is -0.136. The number of nitrogens with two attached hydrogens (primary N) is 1. The minimum Gasteiger partial charge on any atom is -0.481 e. The van der Waals surface area contributed by atoms with Crippen LogP contribution in [-0.2, 0) is 11.3 Å². The highest BCUT2D eigenvalue weighted by Crippen LogP contribution is 2.27. The normalized spacial score (nSPS) is 10.8. The van der Waals surface area contributed by atoms with Crippen molar-refractivity contribution in [2.24, 2.45) is 5.73 Å². The number of carboxylic acids is 1. The Morgan fingerprint density at radius 1 is 1.03 bits per heavy atom. The number of carbonyl (C=O) groups is 2. The third-order valence-corrected chi connectivity index (χ3v) is 5.18. The summed E-state index contributed by atoms with van der Waals surface area (Å²) < 4.78 is 2.06. The van der Waals surface area contributed by atoms with Gasteiger partial charge in [0, 0.05) is 42.2 Å². The summed E-state index contributed by atoms with van der Waals surface area (Å²) in [6.07, 6.45) is 3.32. The number of rotatable bonds is 8. The molecule has 2 heterocycles. The highest BCUT2D eigenvalue weighted by atomic mass is 16.4. The third kappa shape index (κ3) is 4.87. The molecule has 166 valence electrons. The Kier molecular flexibility index (Phi) is 6.12. The molecule has 4 aromatic rings. The molecule has 0 atom stereocenters. The fourth-order valence-corrected chi connectivity index (χ4v) is 3.51. The van der Waals surface area contributed by atoms with Gasteiger partial charge in [0.2, 0.25) is 0 Å². The number of hydrogen-bond acceptors (Lipinski definition) is 5. The number of carbonyl (C=O) groups excluding carboxylic acids is 1. The first kappa shape index (κ1) is 21.7. The lowest BCUT2D eigenvalue weighted by atomic mass is 10.1. The van der Waals surface area contributed by atoms with Crippen LogP contribution in [0.1, 0.15) is 27.9 Å². The van der Waals surface area contributed by atoms with Gasteiger partial charge in [0.05, 0.1) is 17.5 Å². The Balaban J connectivity index is 1.74. The number of carboxylic acid groups (broad SMARTS) is 1. The summed E-state index contributed by atoms with van der Waals surface area (Å²) in [5, 5.41) is 19.0. The monoisotopic (exact) mass is 442 g/mol. The smallest absolute Gasteiger partial charge is 0.305 e. The summed E-state index contributed by atoms with van der Waals surface area (Å²) in [4.78, 5) is 32.0. The van der Waals surface area contributed by atoms with Gasteiger partial charge in [-0.1, -0.05) is 24.3 Å². The Bertz CT molecular complexity index is 1330. The van der Waals surface area contributed by atoms with Crippen LogP contribution in [0.4, 0.5) is 0 Å². The van der Waals surface area contributed by atoms with Crippen molar-refractivity contribution < 1.29 is 14.7 Å². The Labute approximate surface area is 189 Å². The van der Waals surface area contributed by atoms with E-state index in [1.807, 2.05) is 30.3 Å². The van der Waals surface area contributed by atoms with Crippen molar-refractivity contribution in [3.63, 3.8) is 0 Å². The molecular formula is C24H22N6O3. The van der Waals surface area contributed by atoms with E-state index in [1.54, 1.807) is 36.7 Å². The fraction of sp³-hybridized carbons (Fsp3) is 0.125. The summed E-state index contributed by atoms with van der Waals surface area (Å²) in [6, 6.07) is 16.4. The number of aromatic nitrogens is 3. The average Bonchev–Trinajstić information content (AvgIpc) is 3.17. The number of pyridine rings is 1. The predicted molar refractivity (Wildman–Crippen MR) is 124 cm³/mol. The van der Waals surface area contributed by atoms with Gasteiger partial charge in [-0.25, -0.2) is 4.98 Å². The van der Waals surface area contributed by atoms with E-state index in [0.29, 0.717) is 29.0 Å². The second-order valence-electron chi connectivity index (χ2n) is 7.47. The van der Waals surface area contributed by atoms with Gasteiger partial charge >= 0.3 is 5.97 Å². The van der Waals surface area contributed by atoms with E-state index in [4.69, 9.17) is 21.2 Å². The van der Waals surface area contributed by atoms with E-state index in [2.05, 4.69) is 14.9 Å². The first-order chi connectivity index (χ1) is 15.9. The highest BCUT2D eigenvalue weighted by molar-refractivity contribution is 5.98. The molecular weight excluding hydrogens is 420 g/mol. The minimum atomic E-state index is -0.971. The van der Waals surface area contributed by atoms with E-state index in [-0.39, 0.29) is 24.7 Å². The lowest BCUT2D eigenvalue weighted by Crippen LogP contribution is -2.25. The molecule has 0 radical (unpaired) electrons. The minimum absolute atomic E-state index is 0.00890. The van der Waals surface area contributed by atoms with Crippen LogP contribution in [0.5, 0.6) is 0 Å². The van der Waals surface area contributed by atoms with E-state index < -0.39 is 5.97 Å². The van der Waals surface area contributed by atoms with Gasteiger partial charge in [-0.3, -0.25) is 20.0 Å². The standard InChI is InChI=1S/C24H22N6O3/c25-22(26)16-1-3-17(4-2-16)23-29-19-13-18(24(33)28-12-9-21(31)32)5-6-20(19)30(23)14-15-7-10-27-11-8-15/h1-8,10-11,13H,9,12,14H2,(H3,25,26)(H,28,33)(H,31,32). The fourth-order valence-electron chi connectivity index (χ4n) is 3.51. The summed E-state index contributed by atoms with van der Waals surface area (Å²) in [5.74, 6) is -0.624. The molecule has 9 heteroatoms. The number of nitrogens with zero attached hydrogens (tertiary/aromatic N) is 3. The van der Waals surface area contributed by atoms with Gasteiger partial charge in [0.1, 0.15) is 11.7 Å². The Hall–Kier alpha value is -4.53. The molecule has 2 aromatic carbocycles. The van der Waals surface area contributed by atoms with Gasteiger partial charge in [-0.15, -0.1) is 0 Å². The zero-order valence-corrected chi connectivity index (χ0v) is 17.7. The van der Waals surface area contributed by atoms with Crippen molar-refractivity contribution in [3.8, 4) is 11.4 Å². The molecule has 0 unspecified atom stereocenters. The molecule has 0 aliphatic rings. The molecule has 0 aliphatic heterocycles. The molecule has 0 fully saturated rings. The molecule has 9 nitrogen and oxygen atoms in total. The van der Waals surface area contributed by atoms with Crippen LogP contribution in [0, 0.1) is 5.41 Å². The molecule has 0 saturated carbocycles. The van der Waals surface area contributed by atoms with Crippen LogP contribution >= 0.6 is 0 Å². The van der Waals surface area contributed by atoms with Gasteiger partial charge in [-0.2, -0.15) is 0 Å². The number of hydrogen-bond donors (Lipinski definition) is 4. The van der Waals surface area contributed by atoms with Crippen molar-refractivity contribution in [2.75, 3.05) is 6.54 Å². The number of nitrogens with one attached hydrogen (secondary N) is 2. The van der Waals surface area contributed by atoms with E-state index >= 15 is 0 Å². The maximum Gasteiger partial charge on any atom is 0.305 e. The summed E-state index contributed by atoms with van der Waals surface area (Å²) in [5.41, 5.74) is 9.98. The number of benzene rings is 2. The van der Waals surface area contributed by atoms with Crippen molar-refractivity contribution in [1.29, 1.82) is 5.41 Å². The van der Waals surface area contributed by atoms with Gasteiger partial charge < -0.3 is 20.7 Å². The third-order valence-electron chi connectivity index (χ3n) is 5.18. The first-order valence-corrected chi connectivity index (χ1v) is 10.3. The number of amidine groups is 1. The second kappa shape index (κ2) is 9.31. The number of nitrogen functional groups attached to an aromatic ring is 1. The maximum atomic E-state index is 12.4. The first-order valence-electron chi connectivity index (χ1n) is 10.3. The van der Waals surface area contributed by atoms with Crippen LogP contribution in [-0.4, -0.2) is 43.9 Å². The molecule has 5 N–H and O–H groups in total. The number of imidazole rings is 1. The van der Waals surface area contributed by atoms with Crippen LogP contribution < -0.4 is 11.1 Å². The summed E-state index contributed by atoms with van der Waals surface area (Å²) in [6.45, 7) is 0.601. The van der Waals surface area contributed by atoms with Gasteiger partial charge in [0.25, 0.3) is 5.91 Å². The number of amides is 1. The van der Waals surface area contributed by atoms with Gasteiger partial charge in [0.15, 0.2) is 0 Å². The molecule has 0 bridgehead atoms. The SMILES string of the molecule is N=C(N)c1ccc(-c2nc3cc(C(=O)NCCC(=O)O)ccc3n2Cc2ccncc2)cc1. The quantitative estimate of drug-likeness (QED) is 0.244. The van der Waals surface area contributed by atoms with E-state index in [0.717, 1.165) is 16.6 Å². The van der Waals surface area contributed by atoms with E-state index in [1.165, 1.54) is 0 Å². The average molecular weight is 442 g/mol. The van der Waals surface area contributed by atoms with Crippen molar-refractivity contribution in [1.82, 2.24) is 19.9 Å². The van der Waals surface area contributed by atoms with Crippen LogP contribution in [0.15, 0.2) is 67.0 Å².